The van der Waals surface area contributed by atoms with Gasteiger partial charge in [-0.2, -0.15) is 0 Å². The molecule has 2 aromatic rings. The average molecular weight is 743 g/mol. The number of carbonyl (C=O) groups excluding carboxylic acids is 6. The molecular formula is C35H50N8O10. The molecule has 0 aromatic heterocycles. The Morgan fingerprint density at radius 1 is 0.849 bits per heavy atom. The summed E-state index contributed by atoms with van der Waals surface area (Å²) in [5, 5.41) is 23.7. The first-order valence-corrected chi connectivity index (χ1v) is 17.1. The van der Waals surface area contributed by atoms with E-state index in [0.717, 1.165) is 10.8 Å². The van der Waals surface area contributed by atoms with Gasteiger partial charge in [-0.1, -0.05) is 44.5 Å². The Hall–Kier alpha value is -5.94. The molecule has 0 saturated heterocycles. The van der Waals surface area contributed by atoms with E-state index in [0.29, 0.717) is 24.3 Å². The Labute approximate surface area is 307 Å². The van der Waals surface area contributed by atoms with Crippen LogP contribution in [0, 0.1) is 5.92 Å². The van der Waals surface area contributed by atoms with Crippen molar-refractivity contribution < 1.29 is 48.1 Å². The van der Waals surface area contributed by atoms with Crippen LogP contribution in [0.2, 0.25) is 0 Å². The van der Waals surface area contributed by atoms with Gasteiger partial charge in [-0.3, -0.25) is 38.6 Å². The van der Waals surface area contributed by atoms with Crippen LogP contribution in [-0.2, 0) is 38.3 Å². The Balaban J connectivity index is 2.16. The summed E-state index contributed by atoms with van der Waals surface area (Å²) in [6.45, 7) is 3.03. The number of methoxy groups -OCH3 is 2. The summed E-state index contributed by atoms with van der Waals surface area (Å²) in [5.41, 5.74) is 11.2. The number of aliphatic imine (C=N–C) groups is 1. The zero-order valence-corrected chi connectivity index (χ0v) is 30.4. The number of ether oxygens (including phenoxy) is 2. The number of hydrogen-bond donors (Lipinski definition) is 8. The maximum Gasteiger partial charge on any atom is 0.306 e. The molecule has 0 saturated carbocycles. The first-order chi connectivity index (χ1) is 25.2. The van der Waals surface area contributed by atoms with Gasteiger partial charge in [0.1, 0.15) is 23.9 Å². The first-order valence-electron chi connectivity index (χ1n) is 17.1. The molecule has 18 heteroatoms. The van der Waals surface area contributed by atoms with Gasteiger partial charge in [-0.05, 0) is 36.6 Å². The lowest BCUT2D eigenvalue weighted by Gasteiger charge is -2.26. The highest BCUT2D eigenvalue weighted by atomic mass is 16.5. The van der Waals surface area contributed by atoms with Crippen LogP contribution in [-0.4, -0.2) is 98.0 Å². The van der Waals surface area contributed by atoms with Crippen molar-refractivity contribution in [2.24, 2.45) is 22.4 Å². The highest BCUT2D eigenvalue weighted by Gasteiger charge is 2.31. The third-order valence-electron chi connectivity index (χ3n) is 8.21. The molecule has 18 nitrogen and oxygen atoms in total. The zero-order chi connectivity index (χ0) is 39.5. The smallest absolute Gasteiger partial charge is 0.306 e. The fourth-order valence-electron chi connectivity index (χ4n) is 5.12. The minimum Gasteiger partial charge on any atom is -0.496 e. The minimum absolute atomic E-state index is 0.118. The molecule has 290 valence electrons. The predicted octanol–water partition coefficient (Wildman–Crippen LogP) is 0.275. The molecule has 4 atom stereocenters. The number of nitrogens with one attached hydrogen (secondary N) is 5. The van der Waals surface area contributed by atoms with E-state index in [-0.39, 0.29) is 38.2 Å². The minimum atomic E-state index is -1.40. The van der Waals surface area contributed by atoms with Crippen molar-refractivity contribution in [2.45, 2.75) is 76.9 Å². The molecule has 53 heavy (non-hydrogen) atoms. The second-order valence-electron chi connectivity index (χ2n) is 12.2. The summed E-state index contributed by atoms with van der Waals surface area (Å²) in [5.74, 6) is -5.41. The summed E-state index contributed by atoms with van der Waals surface area (Å²) < 4.78 is 10.0. The average Bonchev–Trinajstić information content (AvgIpc) is 3.13. The monoisotopic (exact) mass is 742 g/mol. The second kappa shape index (κ2) is 22.1. The summed E-state index contributed by atoms with van der Waals surface area (Å²) in [4.78, 5) is 92.3. The van der Waals surface area contributed by atoms with Crippen LogP contribution in [0.3, 0.4) is 0 Å². The van der Waals surface area contributed by atoms with Gasteiger partial charge in [0.2, 0.25) is 29.5 Å². The summed E-state index contributed by atoms with van der Waals surface area (Å²) in [6.07, 6.45) is -0.397. The number of benzene rings is 2. The largest absolute Gasteiger partial charge is 0.496 e. The van der Waals surface area contributed by atoms with Crippen molar-refractivity contribution in [3.8, 4) is 5.75 Å². The molecule has 2 rings (SSSR count). The van der Waals surface area contributed by atoms with Crippen molar-refractivity contribution in [2.75, 3.05) is 32.6 Å². The molecule has 0 spiro atoms. The van der Waals surface area contributed by atoms with E-state index in [9.17, 15) is 38.7 Å². The molecule has 0 fully saturated rings. The molecule has 0 aliphatic carbocycles. The van der Waals surface area contributed by atoms with Crippen LogP contribution in [0.25, 0.3) is 10.8 Å². The quantitative estimate of drug-likeness (QED) is 0.0349. The number of nitrogens with two attached hydrogens (primary N) is 2. The number of amides is 5. The molecule has 4 unspecified atom stereocenters. The lowest BCUT2D eigenvalue weighted by atomic mass is 9.97. The summed E-state index contributed by atoms with van der Waals surface area (Å²) in [6, 6.07) is 7.20. The topological polar surface area (TPSA) is 283 Å². The maximum absolute atomic E-state index is 13.4. The van der Waals surface area contributed by atoms with E-state index in [2.05, 4.69) is 36.3 Å². The van der Waals surface area contributed by atoms with Crippen molar-refractivity contribution >= 4 is 63.9 Å². The van der Waals surface area contributed by atoms with E-state index in [1.807, 2.05) is 24.3 Å². The van der Waals surface area contributed by atoms with Crippen molar-refractivity contribution in [3.05, 3.63) is 36.4 Å². The second-order valence-corrected chi connectivity index (χ2v) is 12.2. The molecule has 0 aliphatic heterocycles. The van der Waals surface area contributed by atoms with Crippen molar-refractivity contribution in [3.63, 3.8) is 0 Å². The molecular weight excluding hydrogens is 692 g/mol. The molecule has 0 bridgehead atoms. The van der Waals surface area contributed by atoms with Crippen LogP contribution in [0.5, 0.6) is 5.75 Å². The molecule has 0 aliphatic rings. The third-order valence-corrected chi connectivity index (χ3v) is 8.21. The number of rotatable bonds is 22. The fraction of sp³-hybridized carbons (Fsp3) is 0.486. The number of carboxylic acid groups (broad SMARTS) is 1. The van der Waals surface area contributed by atoms with Gasteiger partial charge in [-0.25, -0.2) is 0 Å². The first kappa shape index (κ1) is 43.2. The molecule has 5 amide bonds. The summed E-state index contributed by atoms with van der Waals surface area (Å²) in [7, 11) is 2.68. The number of esters is 1. The van der Waals surface area contributed by atoms with Crippen LogP contribution >= 0.6 is 0 Å². The maximum atomic E-state index is 13.4. The number of hydrogen-bond acceptors (Lipinski definition) is 10. The lowest BCUT2D eigenvalue weighted by molar-refractivity contribution is -0.142. The number of anilines is 1. The van der Waals surface area contributed by atoms with E-state index in [1.54, 1.807) is 26.0 Å². The van der Waals surface area contributed by atoms with Gasteiger partial charge in [0.15, 0.2) is 5.96 Å². The van der Waals surface area contributed by atoms with Gasteiger partial charge in [0.05, 0.1) is 27.2 Å². The van der Waals surface area contributed by atoms with Gasteiger partial charge in [0, 0.05) is 36.5 Å². The van der Waals surface area contributed by atoms with Crippen LogP contribution in [0.1, 0.15) is 58.8 Å². The van der Waals surface area contributed by atoms with E-state index in [1.165, 1.54) is 14.2 Å². The molecule has 2 aromatic carbocycles. The Kier molecular flexibility index (Phi) is 18.0. The Bertz CT molecular complexity index is 1650. The van der Waals surface area contributed by atoms with Crippen LogP contribution in [0.4, 0.5) is 5.69 Å². The van der Waals surface area contributed by atoms with E-state index >= 15 is 0 Å². The zero-order valence-electron chi connectivity index (χ0n) is 30.4. The number of nitrogens with zero attached hydrogens (tertiary/aromatic N) is 1. The predicted molar refractivity (Wildman–Crippen MR) is 195 cm³/mol. The Morgan fingerprint density at radius 3 is 2.19 bits per heavy atom. The van der Waals surface area contributed by atoms with Gasteiger partial charge < -0.3 is 52.6 Å². The van der Waals surface area contributed by atoms with Gasteiger partial charge >= 0.3 is 11.9 Å². The van der Waals surface area contributed by atoms with E-state index < -0.39 is 78.5 Å². The van der Waals surface area contributed by atoms with Crippen LogP contribution < -0.4 is 42.8 Å². The SMILES string of the molecule is CCC(C)C(NC(=O)CCC(=O)OC)C(=O)NC(CCC(=O)O)C(=O)NCC(=O)NC(CCCN=C(N)N)C(=O)Nc1cc(OC)c2ccccc2c1. The normalized spacial score (nSPS) is 12.9. The number of aliphatic carboxylic acids is 1. The number of fused-ring (bicyclic) bond motifs is 1. The lowest BCUT2D eigenvalue weighted by Crippen LogP contribution is -2.56. The fourth-order valence-corrected chi connectivity index (χ4v) is 5.12. The highest BCUT2D eigenvalue weighted by Crippen LogP contribution is 2.30. The van der Waals surface area contributed by atoms with Crippen molar-refractivity contribution in [1.82, 2.24) is 21.3 Å². The summed E-state index contributed by atoms with van der Waals surface area (Å²) >= 11 is 0. The number of carbonyl (C=O) groups is 7. The highest BCUT2D eigenvalue weighted by molar-refractivity contribution is 6.01. The number of carboxylic acids is 1. The molecule has 0 heterocycles. The van der Waals surface area contributed by atoms with Gasteiger partial charge in [0.25, 0.3) is 0 Å². The third kappa shape index (κ3) is 15.1. The van der Waals surface area contributed by atoms with Crippen molar-refractivity contribution in [1.29, 1.82) is 0 Å². The number of guanidine groups is 1. The van der Waals surface area contributed by atoms with Gasteiger partial charge in [-0.15, -0.1) is 0 Å². The molecule has 0 radical (unpaired) electrons. The standard InChI is InChI=1S/C35H50N8O10/c1-5-20(2)31(43-27(44)13-15-30(48)53-4)34(51)42-25(12-14-29(46)47)32(49)39-19-28(45)41-24(11-8-16-38-35(36)37)33(50)40-22-17-21-9-6-7-10-23(21)26(18-22)52-3/h6-7,9-10,17-18,20,24-25,31H,5,8,11-16,19H2,1-4H3,(H,39,49)(H,40,50)(H,41,45)(H,42,51)(H,43,44)(H,46,47)(H4,36,37,38). The van der Waals surface area contributed by atoms with E-state index in [4.69, 9.17) is 16.2 Å². The van der Waals surface area contributed by atoms with Crippen LogP contribution in [0.15, 0.2) is 41.4 Å². The Morgan fingerprint density at radius 2 is 1.55 bits per heavy atom. The molecule has 10 N–H and O–H groups in total.